The van der Waals surface area contributed by atoms with Gasteiger partial charge in [-0.05, 0) is 48.0 Å². The first-order valence-corrected chi connectivity index (χ1v) is 20.0. The number of nitrogens with one attached hydrogen (secondary N) is 5. The van der Waals surface area contributed by atoms with E-state index < -0.39 is 88.5 Å². The molecule has 0 radical (unpaired) electrons. The van der Waals surface area contributed by atoms with Gasteiger partial charge in [0.1, 0.15) is 5.70 Å². The van der Waals surface area contributed by atoms with Crippen molar-refractivity contribution in [2.24, 2.45) is 4.99 Å². The lowest BCUT2D eigenvalue weighted by Crippen LogP contribution is -2.38. The second-order valence-corrected chi connectivity index (χ2v) is 15.8. The van der Waals surface area contributed by atoms with E-state index in [4.69, 9.17) is 0 Å². The van der Waals surface area contributed by atoms with E-state index in [0.29, 0.717) is 11.1 Å². The summed E-state index contributed by atoms with van der Waals surface area (Å²) < 4.78 is 58.7. The number of carbonyl (C=O) groups excluding carboxylic acids is 3. The molecule has 23 heteroatoms. The Balaban J connectivity index is 1.43. The fraction of sp³-hybridized carbons (Fsp3) is 0.0541. The van der Waals surface area contributed by atoms with Crippen LogP contribution in [-0.2, 0) is 34.4 Å². The highest BCUT2D eigenvalue weighted by Crippen LogP contribution is 2.27. The van der Waals surface area contributed by atoms with Crippen molar-refractivity contribution < 1.29 is 51.0 Å². The van der Waals surface area contributed by atoms with Gasteiger partial charge in [-0.3, -0.25) is 19.8 Å². The first-order chi connectivity index (χ1) is 28.4. The first kappa shape index (κ1) is 41.6. The largest absolute Gasteiger partial charge is 0.478 e. The molecule has 0 fully saturated rings. The fourth-order valence-electron chi connectivity index (χ4n) is 5.42. The molecule has 5 aromatic rings. The zero-order valence-electron chi connectivity index (χ0n) is 30.9. The van der Waals surface area contributed by atoms with Gasteiger partial charge in [0, 0.05) is 19.4 Å². The monoisotopic (exact) mass is 854 g/mol. The number of carboxylic acid groups (broad SMARTS) is 2. The maximum absolute atomic E-state index is 13.9. The summed E-state index contributed by atoms with van der Waals surface area (Å²) in [4.78, 5) is 76.3. The van der Waals surface area contributed by atoms with Crippen LogP contribution in [0.2, 0.25) is 0 Å². The molecule has 0 aliphatic carbocycles. The predicted octanol–water partition coefficient (Wildman–Crippen LogP) is 3.44. The summed E-state index contributed by atoms with van der Waals surface area (Å²) in [6.07, 6.45) is 1.50. The Bertz CT molecular complexity index is 2750. The molecule has 0 saturated heterocycles. The first-order valence-electron chi connectivity index (χ1n) is 17.0. The van der Waals surface area contributed by atoms with Gasteiger partial charge in [-0.2, -0.15) is 20.0 Å². The highest BCUT2D eigenvalue weighted by atomic mass is 32.2. The number of amides is 3. The fourth-order valence-corrected chi connectivity index (χ4v) is 7.36. The van der Waals surface area contributed by atoms with E-state index in [-0.39, 0.29) is 22.9 Å². The van der Waals surface area contributed by atoms with E-state index in [0.717, 1.165) is 55.3 Å². The third kappa shape index (κ3) is 9.55. The van der Waals surface area contributed by atoms with Crippen LogP contribution >= 0.6 is 0 Å². The van der Waals surface area contributed by atoms with Crippen molar-refractivity contribution in [3.8, 4) is 0 Å². The van der Waals surface area contributed by atoms with Crippen molar-refractivity contribution in [1.29, 1.82) is 0 Å². The van der Waals surface area contributed by atoms with E-state index in [9.17, 15) is 51.0 Å². The number of hydrogen-bond donors (Lipinski definition) is 7. The molecule has 0 unspecified atom stereocenters. The van der Waals surface area contributed by atoms with Crippen LogP contribution in [-0.4, -0.2) is 82.5 Å². The standard InChI is InChI=1S/C37H30N10O11S2/c1-20(48)38-28-15-13-24(18-26(28)33(51)52)59(55,56)45-36-41-35(42-37(43-36)46-60(57,58)25-14-16-29(39-21(2)49)27(19-25)34(53)54)44-47-31(23-11-7-4-8-12-23)40-30(32(47)50)17-22-9-5-3-6-10-22/h3-19H,1-2H3,(H,38,48)(H,39,49)(H,51,52)(H,53,54)(H3,41,42,43,44,45,46). The molecule has 0 saturated carbocycles. The Morgan fingerprint density at radius 2 is 1.08 bits per heavy atom. The zero-order chi connectivity index (χ0) is 43.4. The molecule has 1 aliphatic heterocycles. The van der Waals surface area contributed by atoms with Crippen LogP contribution in [0.25, 0.3) is 6.08 Å². The number of nitrogens with zero attached hydrogens (tertiary/aromatic N) is 5. The summed E-state index contributed by atoms with van der Waals surface area (Å²) in [7, 11) is -9.61. The topological polar surface area (TPSA) is 309 Å². The lowest BCUT2D eigenvalue weighted by atomic mass is 10.2. The number of carboxylic acids is 2. The van der Waals surface area contributed by atoms with Crippen molar-refractivity contribution in [1.82, 2.24) is 20.0 Å². The third-order valence-corrected chi connectivity index (χ3v) is 10.6. The van der Waals surface area contributed by atoms with Gasteiger partial charge in [-0.1, -0.05) is 60.7 Å². The molecular weight excluding hydrogens is 825 g/mol. The summed E-state index contributed by atoms with van der Waals surface area (Å²) >= 11 is 0. The van der Waals surface area contributed by atoms with Crippen LogP contribution in [0.5, 0.6) is 0 Å². The number of hydrogen-bond acceptors (Lipinski definition) is 14. The molecule has 3 amide bonds. The molecule has 60 heavy (non-hydrogen) atoms. The quantitative estimate of drug-likeness (QED) is 0.0787. The van der Waals surface area contributed by atoms with Crippen molar-refractivity contribution in [2.45, 2.75) is 23.6 Å². The average Bonchev–Trinajstić information content (AvgIpc) is 3.47. The molecule has 7 N–H and O–H groups in total. The van der Waals surface area contributed by atoms with Crippen LogP contribution in [0.4, 0.5) is 29.2 Å². The van der Waals surface area contributed by atoms with Gasteiger partial charge < -0.3 is 20.8 Å². The number of sulfonamides is 2. The summed E-state index contributed by atoms with van der Waals surface area (Å²) in [5, 5.41) is 25.0. The van der Waals surface area contributed by atoms with E-state index in [1.165, 1.54) is 6.08 Å². The minimum absolute atomic E-state index is 0.0355. The summed E-state index contributed by atoms with van der Waals surface area (Å²) in [6, 6.07) is 22.6. The number of aromatic nitrogens is 3. The predicted molar refractivity (Wildman–Crippen MR) is 215 cm³/mol. The maximum atomic E-state index is 13.9. The Hall–Kier alpha value is -8.05. The molecule has 1 aliphatic rings. The van der Waals surface area contributed by atoms with E-state index >= 15 is 0 Å². The Kier molecular flexibility index (Phi) is 11.7. The highest BCUT2D eigenvalue weighted by molar-refractivity contribution is 7.93. The molecule has 21 nitrogen and oxygen atoms in total. The van der Waals surface area contributed by atoms with Gasteiger partial charge in [0.05, 0.1) is 32.3 Å². The maximum Gasteiger partial charge on any atom is 0.337 e. The average molecular weight is 855 g/mol. The van der Waals surface area contributed by atoms with Gasteiger partial charge in [0.25, 0.3) is 26.0 Å². The highest BCUT2D eigenvalue weighted by Gasteiger charge is 2.33. The van der Waals surface area contributed by atoms with Crippen molar-refractivity contribution >= 4 is 90.8 Å². The van der Waals surface area contributed by atoms with Gasteiger partial charge in [0.15, 0.2) is 5.84 Å². The number of hydrazine groups is 1. The molecule has 1 aromatic heterocycles. The van der Waals surface area contributed by atoms with Crippen LogP contribution in [0.3, 0.4) is 0 Å². The van der Waals surface area contributed by atoms with Crippen LogP contribution in [0, 0.1) is 0 Å². The molecular formula is C37H30N10O11S2. The molecule has 306 valence electrons. The normalized spacial score (nSPS) is 13.3. The molecule has 0 spiro atoms. The number of aromatic carboxylic acids is 2. The number of aliphatic imine (C=N–C) groups is 1. The van der Waals surface area contributed by atoms with E-state index in [2.05, 4.69) is 36.0 Å². The molecule has 2 heterocycles. The van der Waals surface area contributed by atoms with E-state index in [1.54, 1.807) is 60.7 Å². The number of carbonyl (C=O) groups is 5. The Labute approximate surface area is 340 Å². The summed E-state index contributed by atoms with van der Waals surface area (Å²) in [5.74, 6) is -7.46. The Morgan fingerprint density at radius 1 is 0.633 bits per heavy atom. The number of rotatable bonds is 14. The van der Waals surface area contributed by atoms with Gasteiger partial charge in [-0.25, -0.2) is 40.9 Å². The molecule has 0 atom stereocenters. The second-order valence-electron chi connectivity index (χ2n) is 12.4. The van der Waals surface area contributed by atoms with Gasteiger partial charge in [-0.15, -0.1) is 0 Å². The van der Waals surface area contributed by atoms with Gasteiger partial charge >= 0.3 is 11.9 Å². The second kappa shape index (κ2) is 16.8. The summed E-state index contributed by atoms with van der Waals surface area (Å²) in [5.41, 5.74) is 2.04. The van der Waals surface area contributed by atoms with Crippen molar-refractivity contribution in [2.75, 3.05) is 25.5 Å². The van der Waals surface area contributed by atoms with Crippen LogP contribution in [0.1, 0.15) is 45.7 Å². The van der Waals surface area contributed by atoms with Crippen LogP contribution in [0.15, 0.2) is 118 Å². The third-order valence-electron chi connectivity index (χ3n) is 7.98. The lowest BCUT2D eigenvalue weighted by molar-refractivity contribution is -0.121. The van der Waals surface area contributed by atoms with Crippen molar-refractivity contribution in [3.05, 3.63) is 125 Å². The minimum atomic E-state index is -4.81. The van der Waals surface area contributed by atoms with E-state index in [1.807, 2.05) is 9.44 Å². The molecule has 4 aromatic carbocycles. The lowest BCUT2D eigenvalue weighted by Gasteiger charge is -2.20. The zero-order valence-corrected chi connectivity index (χ0v) is 32.6. The summed E-state index contributed by atoms with van der Waals surface area (Å²) in [6.45, 7) is 2.24. The number of benzene rings is 4. The van der Waals surface area contributed by atoms with Crippen molar-refractivity contribution in [3.63, 3.8) is 0 Å². The SMILES string of the molecule is CC(=O)Nc1ccc(S(=O)(=O)Nc2nc(NN3C(=O)C(=Cc4ccccc4)N=C3c3ccccc3)nc(NS(=O)(=O)c3ccc(NC(C)=O)c(C(=O)O)c3)n2)cc1C(=O)O. The van der Waals surface area contributed by atoms with Crippen LogP contribution < -0.4 is 25.5 Å². The smallest absolute Gasteiger partial charge is 0.337 e. The number of amidine groups is 1. The number of anilines is 5. The van der Waals surface area contributed by atoms with Gasteiger partial charge in [0.2, 0.25) is 29.7 Å². The molecule has 0 bridgehead atoms. The molecule has 6 rings (SSSR count). The minimum Gasteiger partial charge on any atom is -0.478 e. The Morgan fingerprint density at radius 3 is 1.53 bits per heavy atom.